The first-order valence-electron chi connectivity index (χ1n) is 6.37. The van der Waals surface area contributed by atoms with Crippen LogP contribution in [0.25, 0.3) is 11.1 Å². The van der Waals surface area contributed by atoms with E-state index in [-0.39, 0.29) is 5.54 Å². The van der Waals surface area contributed by atoms with Gasteiger partial charge in [0.05, 0.1) is 0 Å². The van der Waals surface area contributed by atoms with Gasteiger partial charge in [0.25, 0.3) is 0 Å². The third-order valence-electron chi connectivity index (χ3n) is 2.96. The van der Waals surface area contributed by atoms with Crippen LogP contribution in [0.15, 0.2) is 36.7 Å². The lowest BCUT2D eigenvalue weighted by atomic mass is 10.1. The molecule has 0 unspecified atom stereocenters. The molecule has 0 saturated carbocycles. The predicted octanol–water partition coefficient (Wildman–Crippen LogP) is 2.60. The maximum absolute atomic E-state index is 5.67. The summed E-state index contributed by atoms with van der Waals surface area (Å²) in [5.41, 5.74) is 8.84. The van der Waals surface area contributed by atoms with Crippen LogP contribution in [0.1, 0.15) is 19.4 Å². The van der Waals surface area contributed by atoms with E-state index in [1.807, 2.05) is 32.3 Å². The molecule has 0 bridgehead atoms. The zero-order valence-corrected chi connectivity index (χ0v) is 11.6. The zero-order valence-electron chi connectivity index (χ0n) is 11.6. The maximum atomic E-state index is 5.67. The summed E-state index contributed by atoms with van der Waals surface area (Å²) >= 11 is 0. The van der Waals surface area contributed by atoms with E-state index in [1.165, 1.54) is 5.56 Å². The molecule has 0 amide bonds. The average Bonchev–Trinajstić information content (AvgIpc) is 2.39. The van der Waals surface area contributed by atoms with Gasteiger partial charge in [-0.25, -0.2) is 9.97 Å². The van der Waals surface area contributed by atoms with Gasteiger partial charge in [0.15, 0.2) is 0 Å². The van der Waals surface area contributed by atoms with Crippen LogP contribution in [0.4, 0.5) is 5.95 Å². The predicted molar refractivity (Wildman–Crippen MR) is 79.0 cm³/mol. The van der Waals surface area contributed by atoms with Crippen LogP contribution in [0.2, 0.25) is 0 Å². The molecule has 0 fully saturated rings. The number of nitrogens with two attached hydrogens (primary N) is 1. The van der Waals surface area contributed by atoms with E-state index in [1.54, 1.807) is 0 Å². The number of rotatable bonds is 4. The van der Waals surface area contributed by atoms with E-state index in [0.29, 0.717) is 12.5 Å². The van der Waals surface area contributed by atoms with Crippen LogP contribution in [0.3, 0.4) is 0 Å². The quantitative estimate of drug-likeness (QED) is 0.882. The van der Waals surface area contributed by atoms with Gasteiger partial charge >= 0.3 is 0 Å². The third-order valence-corrected chi connectivity index (χ3v) is 2.96. The number of aryl methyl sites for hydroxylation is 1. The molecule has 4 heteroatoms. The molecule has 2 rings (SSSR count). The summed E-state index contributed by atoms with van der Waals surface area (Å²) in [6.07, 6.45) is 3.66. The molecule has 0 aliphatic carbocycles. The second kappa shape index (κ2) is 5.36. The Balaban J connectivity index is 2.19. The van der Waals surface area contributed by atoms with E-state index in [9.17, 15) is 0 Å². The summed E-state index contributed by atoms with van der Waals surface area (Å²) in [6.45, 7) is 6.63. The van der Waals surface area contributed by atoms with E-state index < -0.39 is 0 Å². The van der Waals surface area contributed by atoms with E-state index in [0.717, 1.165) is 11.1 Å². The zero-order chi connectivity index (χ0) is 13.9. The fraction of sp³-hybridized carbons (Fsp3) is 0.333. The monoisotopic (exact) mass is 256 g/mol. The molecule has 2 aromatic rings. The summed E-state index contributed by atoms with van der Waals surface area (Å²) in [5, 5.41) is 3.21. The lowest BCUT2D eigenvalue weighted by Gasteiger charge is -2.23. The lowest BCUT2D eigenvalue weighted by Crippen LogP contribution is -2.39. The lowest BCUT2D eigenvalue weighted by molar-refractivity contribution is 0.574. The minimum Gasteiger partial charge on any atom is -0.348 e. The molecule has 0 aliphatic heterocycles. The number of nitrogens with one attached hydrogen (secondary N) is 1. The number of nitrogens with zero attached hydrogens (tertiary/aromatic N) is 2. The second-order valence-corrected chi connectivity index (χ2v) is 5.38. The van der Waals surface area contributed by atoms with Gasteiger partial charge < -0.3 is 11.1 Å². The molecule has 100 valence electrons. The van der Waals surface area contributed by atoms with Crippen molar-refractivity contribution in [3.8, 4) is 11.1 Å². The molecular formula is C15H20N4. The van der Waals surface area contributed by atoms with Crippen molar-refractivity contribution in [1.82, 2.24) is 9.97 Å². The summed E-state index contributed by atoms with van der Waals surface area (Å²) in [7, 11) is 0. The molecule has 3 N–H and O–H groups in total. The van der Waals surface area contributed by atoms with Crippen LogP contribution >= 0.6 is 0 Å². The number of hydrogen-bond donors (Lipinski definition) is 2. The summed E-state index contributed by atoms with van der Waals surface area (Å²) in [4.78, 5) is 8.68. The molecule has 0 atom stereocenters. The number of hydrogen-bond acceptors (Lipinski definition) is 4. The van der Waals surface area contributed by atoms with Crippen molar-refractivity contribution in [2.75, 3.05) is 11.9 Å². The Bertz CT molecular complexity index is 546. The van der Waals surface area contributed by atoms with Gasteiger partial charge in [0, 0.05) is 30.0 Å². The molecule has 0 spiro atoms. The number of anilines is 1. The van der Waals surface area contributed by atoms with Gasteiger partial charge in [-0.05, 0) is 26.3 Å². The standard InChI is InChI=1S/C15H20N4/c1-11-5-4-6-12(7-11)13-8-17-14(18-9-13)19-15(2,3)10-16/h4-9H,10,16H2,1-3H3,(H,17,18,19). The molecule has 19 heavy (non-hydrogen) atoms. The Hall–Kier alpha value is -1.94. The molecule has 0 aliphatic rings. The highest BCUT2D eigenvalue weighted by atomic mass is 15.1. The summed E-state index contributed by atoms with van der Waals surface area (Å²) in [6, 6.07) is 8.29. The molecule has 1 aromatic heterocycles. The number of benzene rings is 1. The van der Waals surface area contributed by atoms with Crippen molar-refractivity contribution in [3.05, 3.63) is 42.2 Å². The normalized spacial score (nSPS) is 11.4. The van der Waals surface area contributed by atoms with Gasteiger partial charge in [-0.15, -0.1) is 0 Å². The molecule has 1 aromatic carbocycles. The van der Waals surface area contributed by atoms with Crippen molar-refractivity contribution in [2.24, 2.45) is 5.73 Å². The first kappa shape index (κ1) is 13.5. The first-order valence-corrected chi connectivity index (χ1v) is 6.37. The third kappa shape index (κ3) is 3.51. The van der Waals surface area contributed by atoms with Crippen LogP contribution in [0, 0.1) is 6.92 Å². The average molecular weight is 256 g/mol. The minimum atomic E-state index is -0.204. The summed E-state index contributed by atoms with van der Waals surface area (Å²) < 4.78 is 0. The molecule has 1 heterocycles. The van der Waals surface area contributed by atoms with Gasteiger partial charge in [0.1, 0.15) is 0 Å². The highest BCUT2D eigenvalue weighted by Gasteiger charge is 2.15. The summed E-state index contributed by atoms with van der Waals surface area (Å²) in [5.74, 6) is 0.604. The second-order valence-electron chi connectivity index (χ2n) is 5.38. The van der Waals surface area contributed by atoms with Crippen molar-refractivity contribution in [3.63, 3.8) is 0 Å². The van der Waals surface area contributed by atoms with Crippen LogP contribution in [-0.4, -0.2) is 22.1 Å². The molecule has 4 nitrogen and oxygen atoms in total. The topological polar surface area (TPSA) is 63.8 Å². The van der Waals surface area contributed by atoms with Crippen molar-refractivity contribution < 1.29 is 0 Å². The highest BCUT2D eigenvalue weighted by Crippen LogP contribution is 2.19. The highest BCUT2D eigenvalue weighted by molar-refractivity contribution is 5.62. The van der Waals surface area contributed by atoms with Gasteiger partial charge in [-0.1, -0.05) is 29.8 Å². The molecule has 0 saturated heterocycles. The Kier molecular flexibility index (Phi) is 3.81. The SMILES string of the molecule is Cc1cccc(-c2cnc(NC(C)(C)CN)nc2)c1. The Morgan fingerprint density at radius 2 is 1.84 bits per heavy atom. The van der Waals surface area contributed by atoms with Crippen LogP contribution in [-0.2, 0) is 0 Å². The minimum absolute atomic E-state index is 0.204. The Labute approximate surface area is 114 Å². The van der Waals surface area contributed by atoms with Crippen molar-refractivity contribution in [2.45, 2.75) is 26.3 Å². The fourth-order valence-corrected chi connectivity index (χ4v) is 1.72. The molecule has 0 radical (unpaired) electrons. The van der Waals surface area contributed by atoms with Crippen molar-refractivity contribution >= 4 is 5.95 Å². The van der Waals surface area contributed by atoms with Gasteiger partial charge in [0.2, 0.25) is 5.95 Å². The Morgan fingerprint density at radius 3 is 2.42 bits per heavy atom. The van der Waals surface area contributed by atoms with E-state index in [2.05, 4.69) is 40.4 Å². The van der Waals surface area contributed by atoms with Gasteiger partial charge in [-0.3, -0.25) is 0 Å². The van der Waals surface area contributed by atoms with E-state index >= 15 is 0 Å². The van der Waals surface area contributed by atoms with Crippen LogP contribution < -0.4 is 11.1 Å². The smallest absolute Gasteiger partial charge is 0.223 e. The van der Waals surface area contributed by atoms with Crippen LogP contribution in [0.5, 0.6) is 0 Å². The van der Waals surface area contributed by atoms with E-state index in [4.69, 9.17) is 5.73 Å². The van der Waals surface area contributed by atoms with Crippen molar-refractivity contribution in [1.29, 1.82) is 0 Å². The first-order chi connectivity index (χ1) is 9.00. The van der Waals surface area contributed by atoms with Gasteiger partial charge in [-0.2, -0.15) is 0 Å². The fourth-order valence-electron chi connectivity index (χ4n) is 1.72. The largest absolute Gasteiger partial charge is 0.348 e. The number of aromatic nitrogens is 2. The maximum Gasteiger partial charge on any atom is 0.223 e. The Morgan fingerprint density at radius 1 is 1.16 bits per heavy atom. The molecular weight excluding hydrogens is 236 g/mol.